The minimum atomic E-state index is -3.05. The molecule has 1 aliphatic carbocycles. The smallest absolute Gasteiger partial charge is 0.171 e. The Morgan fingerprint density at radius 3 is 1.81 bits per heavy atom. The molecule has 0 saturated carbocycles. The molecule has 0 amide bonds. The fourth-order valence-corrected chi connectivity index (χ4v) is 7.87. The van der Waals surface area contributed by atoms with Crippen molar-refractivity contribution in [1.29, 1.82) is 0 Å². The van der Waals surface area contributed by atoms with Crippen molar-refractivity contribution in [3.05, 3.63) is 126 Å². The zero-order valence-electron chi connectivity index (χ0n) is 17.4. The molecule has 4 aromatic rings. The van der Waals surface area contributed by atoms with Crippen molar-refractivity contribution in [3.63, 3.8) is 0 Å². The second-order valence-corrected chi connectivity index (χ2v) is 10.9. The maximum Gasteiger partial charge on any atom is 0.171 e. The molecule has 0 aliphatic heterocycles. The summed E-state index contributed by atoms with van der Waals surface area (Å²) in [7, 11) is -3.05. The Morgan fingerprint density at radius 2 is 1.16 bits per heavy atom. The summed E-state index contributed by atoms with van der Waals surface area (Å²) in [5, 5.41) is 2.63. The van der Waals surface area contributed by atoms with E-state index >= 15 is 0 Å². The molecule has 0 bridgehead atoms. The van der Waals surface area contributed by atoms with Gasteiger partial charge in [-0.2, -0.15) is 0 Å². The van der Waals surface area contributed by atoms with Gasteiger partial charge in [0.2, 0.25) is 0 Å². The molecule has 31 heavy (non-hydrogen) atoms. The lowest BCUT2D eigenvalue weighted by Crippen LogP contribution is -2.32. The fraction of sp³-hybridized carbons (Fsp3) is 0.143. The topological polar surface area (TPSA) is 43.1 Å². The summed E-state index contributed by atoms with van der Waals surface area (Å²) >= 11 is 0. The molecule has 1 aliphatic rings. The Bertz CT molecular complexity index is 1190. The molecule has 2 atom stereocenters. The number of hydrogen-bond acceptors (Lipinski definition) is 2. The Kier molecular flexibility index (Phi) is 5.36. The van der Waals surface area contributed by atoms with Gasteiger partial charge >= 0.3 is 0 Å². The van der Waals surface area contributed by atoms with Crippen LogP contribution in [0.1, 0.15) is 35.1 Å². The molecule has 0 heterocycles. The summed E-state index contributed by atoms with van der Waals surface area (Å²) in [5.41, 5.74) is 10.5. The van der Waals surface area contributed by atoms with Crippen LogP contribution in [0.2, 0.25) is 0 Å². The largest absolute Gasteiger partial charge is 0.323 e. The second kappa shape index (κ2) is 8.30. The van der Waals surface area contributed by atoms with Crippen molar-refractivity contribution in [2.24, 2.45) is 5.73 Å². The number of nitrogens with two attached hydrogens (primary N) is 1. The number of rotatable bonds is 4. The van der Waals surface area contributed by atoms with Crippen LogP contribution in [0.15, 0.2) is 109 Å². The average molecular weight is 423 g/mol. The first-order valence-corrected chi connectivity index (χ1v) is 12.5. The predicted molar refractivity (Wildman–Crippen MR) is 130 cm³/mol. The van der Waals surface area contributed by atoms with Gasteiger partial charge in [0.05, 0.1) is 0 Å². The number of aryl methyl sites for hydroxylation is 1. The van der Waals surface area contributed by atoms with Crippen LogP contribution >= 0.6 is 7.14 Å². The molecule has 0 radical (unpaired) electrons. The summed E-state index contributed by atoms with van der Waals surface area (Å²) in [6.45, 7) is 0. The molecule has 3 heteroatoms. The van der Waals surface area contributed by atoms with E-state index in [-0.39, 0.29) is 12.0 Å². The molecule has 4 aromatic carbocycles. The highest BCUT2D eigenvalue weighted by Crippen LogP contribution is 2.47. The molecule has 0 aromatic heterocycles. The minimum Gasteiger partial charge on any atom is -0.323 e. The zero-order valence-corrected chi connectivity index (χ0v) is 18.3. The van der Waals surface area contributed by atoms with Gasteiger partial charge in [-0.15, -0.1) is 0 Å². The van der Waals surface area contributed by atoms with Crippen LogP contribution in [0, 0.1) is 0 Å². The van der Waals surface area contributed by atoms with Gasteiger partial charge in [0.15, 0.2) is 7.14 Å². The highest BCUT2D eigenvalue weighted by Gasteiger charge is 2.36. The number of hydrogen-bond donors (Lipinski definition) is 1. The molecular formula is C28H26NOP. The fourth-order valence-electron chi connectivity index (χ4n) is 4.93. The van der Waals surface area contributed by atoms with Crippen molar-refractivity contribution in [2.45, 2.75) is 24.8 Å². The Morgan fingerprint density at radius 1 is 0.645 bits per heavy atom. The lowest BCUT2D eigenvalue weighted by atomic mass is 9.77. The van der Waals surface area contributed by atoms with Crippen LogP contribution in [0.25, 0.3) is 0 Å². The van der Waals surface area contributed by atoms with Gasteiger partial charge in [-0.3, -0.25) is 0 Å². The Labute approximate surface area is 184 Å². The van der Waals surface area contributed by atoms with E-state index in [1.165, 1.54) is 11.1 Å². The van der Waals surface area contributed by atoms with Crippen LogP contribution in [-0.2, 0) is 11.0 Å². The molecule has 0 fully saturated rings. The molecule has 0 saturated heterocycles. The van der Waals surface area contributed by atoms with Crippen LogP contribution < -0.4 is 21.6 Å². The molecule has 2 unspecified atom stereocenters. The molecule has 2 nitrogen and oxygen atoms in total. The van der Waals surface area contributed by atoms with E-state index in [2.05, 4.69) is 30.3 Å². The highest BCUT2D eigenvalue weighted by molar-refractivity contribution is 7.85. The summed E-state index contributed by atoms with van der Waals surface area (Å²) < 4.78 is 15.0. The maximum absolute atomic E-state index is 15.0. The minimum absolute atomic E-state index is 0.105. The predicted octanol–water partition coefficient (Wildman–Crippen LogP) is 5.06. The van der Waals surface area contributed by atoms with Gasteiger partial charge in [0.25, 0.3) is 0 Å². The van der Waals surface area contributed by atoms with Crippen molar-refractivity contribution < 1.29 is 4.57 Å². The van der Waals surface area contributed by atoms with Crippen molar-refractivity contribution in [1.82, 2.24) is 0 Å². The summed E-state index contributed by atoms with van der Waals surface area (Å²) in [6, 6.07) is 36.3. The first kappa shape index (κ1) is 20.0. The van der Waals surface area contributed by atoms with E-state index < -0.39 is 7.14 Å². The SMILES string of the molecule is NC1c2ccccc2CCC1c1ccccc1P(=O)(c1ccccc1)c1ccccc1. The lowest BCUT2D eigenvalue weighted by Gasteiger charge is -2.34. The van der Waals surface area contributed by atoms with Gasteiger partial charge in [0, 0.05) is 27.9 Å². The molecule has 0 spiro atoms. The van der Waals surface area contributed by atoms with E-state index in [4.69, 9.17) is 5.73 Å². The van der Waals surface area contributed by atoms with E-state index in [1.54, 1.807) is 0 Å². The van der Waals surface area contributed by atoms with Crippen LogP contribution in [-0.4, -0.2) is 0 Å². The van der Waals surface area contributed by atoms with Gasteiger partial charge in [0.1, 0.15) is 0 Å². The van der Waals surface area contributed by atoms with Crippen LogP contribution in [0.5, 0.6) is 0 Å². The maximum atomic E-state index is 15.0. The van der Waals surface area contributed by atoms with Crippen LogP contribution in [0.3, 0.4) is 0 Å². The average Bonchev–Trinajstić information content (AvgIpc) is 2.85. The normalized spacial score (nSPS) is 18.4. The van der Waals surface area contributed by atoms with Crippen molar-refractivity contribution in [2.75, 3.05) is 0 Å². The Hall–Kier alpha value is -2.93. The van der Waals surface area contributed by atoms with E-state index in [9.17, 15) is 4.57 Å². The van der Waals surface area contributed by atoms with Gasteiger partial charge in [-0.1, -0.05) is 109 Å². The van der Waals surface area contributed by atoms with Crippen LogP contribution in [0.4, 0.5) is 0 Å². The third-order valence-electron chi connectivity index (χ3n) is 6.49. The van der Waals surface area contributed by atoms with Gasteiger partial charge in [-0.25, -0.2) is 0 Å². The van der Waals surface area contributed by atoms with Crippen molar-refractivity contribution >= 4 is 23.1 Å². The van der Waals surface area contributed by atoms with E-state index in [1.807, 2.05) is 78.9 Å². The molecule has 154 valence electrons. The Balaban J connectivity index is 1.70. The summed E-state index contributed by atoms with van der Waals surface area (Å²) in [4.78, 5) is 0. The van der Waals surface area contributed by atoms with E-state index in [0.717, 1.165) is 34.3 Å². The summed E-state index contributed by atoms with van der Waals surface area (Å²) in [6.07, 6.45) is 1.95. The monoisotopic (exact) mass is 423 g/mol. The molecule has 5 rings (SSSR count). The number of benzene rings is 4. The number of fused-ring (bicyclic) bond motifs is 1. The second-order valence-electron chi connectivity index (χ2n) is 8.21. The van der Waals surface area contributed by atoms with Crippen molar-refractivity contribution in [3.8, 4) is 0 Å². The third-order valence-corrected chi connectivity index (χ3v) is 9.62. The first-order valence-electron chi connectivity index (χ1n) is 10.8. The third kappa shape index (κ3) is 3.47. The first-order chi connectivity index (χ1) is 15.2. The highest BCUT2D eigenvalue weighted by atomic mass is 31.2. The van der Waals surface area contributed by atoms with Gasteiger partial charge < -0.3 is 10.3 Å². The quantitative estimate of drug-likeness (QED) is 0.467. The standard InChI is InChI=1S/C28H26NOP/c29-28-24-16-8-7-11-21(24)19-20-26(28)25-17-9-10-18-27(25)31(30,22-12-3-1-4-13-22)23-14-5-2-6-15-23/h1-18,26,28H,19-20,29H2. The van der Waals surface area contributed by atoms with Gasteiger partial charge in [-0.05, 0) is 29.5 Å². The summed E-state index contributed by atoms with van der Waals surface area (Å²) in [5.74, 6) is 0.131. The lowest BCUT2D eigenvalue weighted by molar-refractivity contribution is 0.487. The molecular weight excluding hydrogens is 397 g/mol. The van der Waals surface area contributed by atoms with E-state index in [0.29, 0.717) is 0 Å². The molecule has 2 N–H and O–H groups in total. The zero-order chi connectivity index (χ0) is 21.3.